The molecule has 0 unspecified atom stereocenters. The lowest BCUT2D eigenvalue weighted by molar-refractivity contribution is -0.123. The molecule has 1 amide bonds. The zero-order valence-electron chi connectivity index (χ0n) is 11.0. The smallest absolute Gasteiger partial charge is 0.223 e. The Hall–Kier alpha value is -0.530. The molecule has 16 heavy (non-hydrogen) atoms. The number of carbonyl (C=O) groups excluding carboxylic acids is 1. The summed E-state index contributed by atoms with van der Waals surface area (Å²) in [5, 5.41) is 3.26. The number of rotatable bonds is 2. The molecule has 0 spiro atoms. The number of amides is 1. The summed E-state index contributed by atoms with van der Waals surface area (Å²) in [5.41, 5.74) is 0.394. The standard InChI is InChI=1S/C14H25NO/c1-9-5-11(8-14(3,4)7-9)15-13(16)12-6-10(12)2/h9-12H,5-8H2,1-4H3,(H,15,16)/t9-,10-,11-,12+/m1/s1. The first kappa shape index (κ1) is 11.9. The van der Waals surface area contributed by atoms with Crippen LogP contribution in [0.15, 0.2) is 0 Å². The Balaban J connectivity index is 1.87. The molecule has 0 heterocycles. The fraction of sp³-hybridized carbons (Fsp3) is 0.929. The summed E-state index contributed by atoms with van der Waals surface area (Å²) in [7, 11) is 0. The number of hydrogen-bond acceptors (Lipinski definition) is 1. The Labute approximate surface area is 99.2 Å². The van der Waals surface area contributed by atoms with Crippen molar-refractivity contribution in [3.63, 3.8) is 0 Å². The third kappa shape index (κ3) is 2.78. The van der Waals surface area contributed by atoms with E-state index in [-0.39, 0.29) is 0 Å². The van der Waals surface area contributed by atoms with Gasteiger partial charge in [0, 0.05) is 12.0 Å². The highest BCUT2D eigenvalue weighted by molar-refractivity contribution is 5.81. The van der Waals surface area contributed by atoms with Crippen LogP contribution in [-0.2, 0) is 4.79 Å². The van der Waals surface area contributed by atoms with Crippen LogP contribution in [0.2, 0.25) is 0 Å². The summed E-state index contributed by atoms with van der Waals surface area (Å²) < 4.78 is 0. The summed E-state index contributed by atoms with van der Waals surface area (Å²) in [6.07, 6.45) is 4.69. The second kappa shape index (κ2) is 4.05. The van der Waals surface area contributed by atoms with Crippen LogP contribution in [-0.4, -0.2) is 11.9 Å². The Bertz CT molecular complexity index is 284. The van der Waals surface area contributed by atoms with Gasteiger partial charge in [-0.2, -0.15) is 0 Å². The van der Waals surface area contributed by atoms with Crippen molar-refractivity contribution < 1.29 is 4.79 Å². The van der Waals surface area contributed by atoms with Crippen LogP contribution in [0, 0.1) is 23.2 Å². The minimum Gasteiger partial charge on any atom is -0.353 e. The van der Waals surface area contributed by atoms with Crippen molar-refractivity contribution in [2.45, 2.75) is 59.4 Å². The average Bonchev–Trinajstić information content (AvgIpc) is 2.78. The molecule has 2 rings (SSSR count). The van der Waals surface area contributed by atoms with E-state index in [0.29, 0.717) is 29.2 Å². The molecule has 0 aromatic heterocycles. The van der Waals surface area contributed by atoms with Gasteiger partial charge >= 0.3 is 0 Å². The molecule has 0 bridgehead atoms. The molecule has 2 heteroatoms. The van der Waals surface area contributed by atoms with Crippen molar-refractivity contribution in [3.05, 3.63) is 0 Å². The van der Waals surface area contributed by atoms with E-state index in [1.165, 1.54) is 6.42 Å². The second-order valence-electron chi connectivity index (χ2n) is 6.94. The van der Waals surface area contributed by atoms with Crippen LogP contribution in [0.25, 0.3) is 0 Å². The van der Waals surface area contributed by atoms with Gasteiger partial charge in [-0.05, 0) is 42.9 Å². The van der Waals surface area contributed by atoms with Crippen LogP contribution < -0.4 is 5.32 Å². The predicted octanol–water partition coefficient (Wildman–Crippen LogP) is 2.97. The van der Waals surface area contributed by atoms with E-state index in [9.17, 15) is 4.79 Å². The van der Waals surface area contributed by atoms with Crippen LogP contribution in [0.1, 0.15) is 53.4 Å². The highest BCUT2D eigenvalue weighted by Crippen LogP contribution is 2.40. The van der Waals surface area contributed by atoms with E-state index >= 15 is 0 Å². The number of nitrogens with one attached hydrogen (secondary N) is 1. The van der Waals surface area contributed by atoms with E-state index in [1.54, 1.807) is 0 Å². The normalized spacial score (nSPS) is 41.5. The van der Waals surface area contributed by atoms with E-state index in [4.69, 9.17) is 0 Å². The molecule has 2 saturated carbocycles. The van der Waals surface area contributed by atoms with E-state index in [2.05, 4.69) is 33.0 Å². The lowest BCUT2D eigenvalue weighted by Crippen LogP contribution is -2.43. The maximum Gasteiger partial charge on any atom is 0.223 e. The van der Waals surface area contributed by atoms with Crippen LogP contribution >= 0.6 is 0 Å². The largest absolute Gasteiger partial charge is 0.353 e. The van der Waals surface area contributed by atoms with Gasteiger partial charge in [0.25, 0.3) is 0 Å². The van der Waals surface area contributed by atoms with Gasteiger partial charge in [-0.15, -0.1) is 0 Å². The van der Waals surface area contributed by atoms with Gasteiger partial charge in [-0.1, -0.05) is 27.7 Å². The summed E-state index contributed by atoms with van der Waals surface area (Å²) in [6.45, 7) is 9.11. The molecule has 2 nitrogen and oxygen atoms in total. The maximum absolute atomic E-state index is 11.9. The van der Waals surface area contributed by atoms with Gasteiger partial charge in [0.2, 0.25) is 5.91 Å². The van der Waals surface area contributed by atoms with Gasteiger partial charge in [0.1, 0.15) is 0 Å². The highest BCUT2D eigenvalue weighted by atomic mass is 16.2. The van der Waals surface area contributed by atoms with Crippen molar-refractivity contribution in [1.29, 1.82) is 0 Å². The molecular weight excluding hydrogens is 198 g/mol. The first-order valence-corrected chi connectivity index (χ1v) is 6.68. The molecule has 1 N–H and O–H groups in total. The lowest BCUT2D eigenvalue weighted by atomic mass is 9.70. The molecule has 0 radical (unpaired) electrons. The SMILES string of the molecule is C[C@@H]1C[C@@H](NC(=O)[C@H]2C[C@H]2C)CC(C)(C)C1. The molecular formula is C14H25NO. The van der Waals surface area contributed by atoms with Crippen LogP contribution in [0.3, 0.4) is 0 Å². The second-order valence-corrected chi connectivity index (χ2v) is 6.94. The minimum absolute atomic E-state index is 0.308. The van der Waals surface area contributed by atoms with Crippen LogP contribution in [0.5, 0.6) is 0 Å². The molecule has 4 atom stereocenters. The van der Waals surface area contributed by atoms with Crippen LogP contribution in [0.4, 0.5) is 0 Å². The third-order valence-electron chi connectivity index (χ3n) is 4.18. The fourth-order valence-electron chi connectivity index (χ4n) is 3.45. The molecule has 0 aliphatic heterocycles. The van der Waals surface area contributed by atoms with Gasteiger partial charge in [-0.25, -0.2) is 0 Å². The average molecular weight is 223 g/mol. The van der Waals surface area contributed by atoms with Gasteiger partial charge < -0.3 is 5.32 Å². The fourth-order valence-corrected chi connectivity index (χ4v) is 3.45. The molecule has 0 saturated heterocycles. The zero-order valence-corrected chi connectivity index (χ0v) is 11.0. The Morgan fingerprint density at radius 2 is 1.81 bits per heavy atom. The predicted molar refractivity (Wildman–Crippen MR) is 66.0 cm³/mol. The monoisotopic (exact) mass is 223 g/mol. The molecule has 2 fully saturated rings. The Morgan fingerprint density at radius 3 is 2.31 bits per heavy atom. The number of carbonyl (C=O) groups is 1. The van der Waals surface area contributed by atoms with Gasteiger partial charge in [0.15, 0.2) is 0 Å². The maximum atomic E-state index is 11.9. The van der Waals surface area contributed by atoms with E-state index in [1.807, 2.05) is 0 Å². The van der Waals surface area contributed by atoms with Crippen molar-refractivity contribution in [2.75, 3.05) is 0 Å². The van der Waals surface area contributed by atoms with Crippen molar-refractivity contribution in [1.82, 2.24) is 5.32 Å². The highest BCUT2D eigenvalue weighted by Gasteiger charge is 2.41. The summed E-state index contributed by atoms with van der Waals surface area (Å²) in [4.78, 5) is 11.9. The summed E-state index contributed by atoms with van der Waals surface area (Å²) >= 11 is 0. The quantitative estimate of drug-likeness (QED) is 0.766. The number of hydrogen-bond donors (Lipinski definition) is 1. The topological polar surface area (TPSA) is 29.1 Å². The van der Waals surface area contributed by atoms with Crippen molar-refractivity contribution in [3.8, 4) is 0 Å². The Kier molecular flexibility index (Phi) is 3.02. The van der Waals surface area contributed by atoms with E-state index < -0.39 is 0 Å². The molecule has 92 valence electrons. The molecule has 0 aromatic rings. The van der Waals surface area contributed by atoms with Crippen molar-refractivity contribution in [2.24, 2.45) is 23.2 Å². The van der Waals surface area contributed by atoms with E-state index in [0.717, 1.165) is 25.2 Å². The summed E-state index contributed by atoms with van der Waals surface area (Å²) in [6, 6.07) is 0.416. The van der Waals surface area contributed by atoms with Crippen molar-refractivity contribution >= 4 is 5.91 Å². The Morgan fingerprint density at radius 1 is 1.19 bits per heavy atom. The third-order valence-corrected chi connectivity index (χ3v) is 4.18. The minimum atomic E-state index is 0.308. The van der Waals surface area contributed by atoms with Gasteiger partial charge in [-0.3, -0.25) is 4.79 Å². The molecule has 0 aromatic carbocycles. The lowest BCUT2D eigenvalue weighted by Gasteiger charge is -2.39. The first-order valence-electron chi connectivity index (χ1n) is 6.68. The molecule has 2 aliphatic carbocycles. The zero-order chi connectivity index (χ0) is 11.9. The summed E-state index contributed by atoms with van der Waals surface area (Å²) in [5.74, 6) is 1.99. The molecule has 2 aliphatic rings. The first-order chi connectivity index (χ1) is 7.37. The van der Waals surface area contributed by atoms with Gasteiger partial charge in [0.05, 0.1) is 0 Å².